The Morgan fingerprint density at radius 1 is 0.346 bits per heavy atom. The molecule has 0 saturated carbocycles. The fraction of sp³-hybridized carbons (Fsp3) is 0. The first-order chi connectivity index (χ1) is 25.8. The third-order valence-electron chi connectivity index (χ3n) is 10.8. The van der Waals surface area contributed by atoms with Crippen molar-refractivity contribution in [3.63, 3.8) is 0 Å². The zero-order valence-corrected chi connectivity index (χ0v) is 28.2. The van der Waals surface area contributed by atoms with E-state index in [4.69, 9.17) is 9.47 Å². The van der Waals surface area contributed by atoms with Crippen LogP contribution in [0, 0.1) is 0 Å². The Kier molecular flexibility index (Phi) is 6.35. The smallest absolute Gasteiger partial charge is 0.262 e. The van der Waals surface area contributed by atoms with E-state index < -0.39 is 0 Å². The molecule has 0 saturated heterocycles. The summed E-state index contributed by atoms with van der Waals surface area (Å²) in [6, 6.07) is 64.7. The minimum Gasteiger partial charge on any atom is -0.458 e. The Bertz CT molecular complexity index is 2820. The van der Waals surface area contributed by atoms with E-state index in [1.54, 1.807) is 0 Å². The van der Waals surface area contributed by atoms with Gasteiger partial charge in [-0.2, -0.15) is 0 Å². The van der Waals surface area contributed by atoms with Gasteiger partial charge >= 0.3 is 0 Å². The van der Waals surface area contributed by atoms with E-state index in [2.05, 4.69) is 181 Å². The standard InChI is InChI=1S/C48H30BNO2/c1-3-17-32(18-4-1)50(33-19-5-2-6-20-33)41-30-45-47(39-25-12-10-23-37(39)41)49-46-38-24-11-9-22-36(38)40(35-26-13-16-31-15-7-8-21-34(31)35)29-44(46)51-42-27-14-28-43(52-45)48(42)49/h1-30H. The molecule has 0 aliphatic carbocycles. The van der Waals surface area contributed by atoms with E-state index >= 15 is 0 Å². The Hall–Kier alpha value is -6.78. The summed E-state index contributed by atoms with van der Waals surface area (Å²) < 4.78 is 13.9. The molecule has 2 aliphatic heterocycles. The maximum Gasteiger partial charge on any atom is 0.262 e. The number of rotatable bonds is 4. The highest BCUT2D eigenvalue weighted by Gasteiger charge is 2.43. The van der Waals surface area contributed by atoms with Crippen LogP contribution in [0.25, 0.3) is 43.4 Å². The van der Waals surface area contributed by atoms with Crippen LogP contribution in [0.15, 0.2) is 182 Å². The van der Waals surface area contributed by atoms with E-state index in [9.17, 15) is 0 Å². The van der Waals surface area contributed by atoms with E-state index in [-0.39, 0.29) is 6.71 Å². The molecule has 0 N–H and O–H groups in total. The molecule has 0 radical (unpaired) electrons. The van der Waals surface area contributed by atoms with E-state index in [0.29, 0.717) is 0 Å². The van der Waals surface area contributed by atoms with Crippen LogP contribution in [0.4, 0.5) is 17.1 Å². The number of nitrogens with zero attached hydrogens (tertiary/aromatic N) is 1. The van der Waals surface area contributed by atoms with Gasteiger partial charge in [-0.15, -0.1) is 0 Å². The second-order valence-electron chi connectivity index (χ2n) is 13.6. The van der Waals surface area contributed by atoms with Crippen LogP contribution in [0.2, 0.25) is 0 Å². The van der Waals surface area contributed by atoms with Gasteiger partial charge in [0.05, 0.1) is 5.69 Å². The molecule has 0 unspecified atom stereocenters. The SMILES string of the molecule is c1ccc(N(c2ccccc2)c2cc3c(c4ccccc24)B2c4c(cccc4O3)Oc3cc(-c4cccc5ccccc45)c4ccccc4c32)cc1. The number of fused-ring (bicyclic) bond motifs is 9. The van der Waals surface area contributed by atoms with Crippen LogP contribution in [-0.2, 0) is 0 Å². The first-order valence-electron chi connectivity index (χ1n) is 17.8. The van der Waals surface area contributed by atoms with Crippen LogP contribution in [0.5, 0.6) is 23.0 Å². The van der Waals surface area contributed by atoms with Crippen molar-refractivity contribution in [1.82, 2.24) is 0 Å². The Labute approximate surface area is 302 Å². The molecule has 11 rings (SSSR count). The lowest BCUT2D eigenvalue weighted by molar-refractivity contribution is 0.465. The van der Waals surface area contributed by atoms with Crippen molar-refractivity contribution in [1.29, 1.82) is 0 Å². The normalized spacial score (nSPS) is 12.5. The summed E-state index contributed by atoms with van der Waals surface area (Å²) in [6.45, 7) is -0.106. The van der Waals surface area contributed by atoms with Crippen molar-refractivity contribution < 1.29 is 9.47 Å². The monoisotopic (exact) mass is 663 g/mol. The number of hydrogen-bond acceptors (Lipinski definition) is 3. The van der Waals surface area contributed by atoms with Gasteiger partial charge in [0.1, 0.15) is 23.0 Å². The molecule has 2 heterocycles. The van der Waals surface area contributed by atoms with Crippen LogP contribution < -0.4 is 30.8 Å². The molecule has 3 nitrogen and oxygen atoms in total. The molecule has 242 valence electrons. The average molecular weight is 664 g/mol. The summed E-state index contributed by atoms with van der Waals surface area (Å²) in [5.41, 5.74) is 9.00. The summed E-state index contributed by atoms with van der Waals surface area (Å²) in [4.78, 5) is 2.34. The van der Waals surface area contributed by atoms with E-state index in [1.165, 1.54) is 38.1 Å². The zero-order chi connectivity index (χ0) is 34.2. The van der Waals surface area contributed by atoms with E-state index in [1.807, 2.05) is 6.07 Å². The van der Waals surface area contributed by atoms with Crippen molar-refractivity contribution in [2.45, 2.75) is 0 Å². The summed E-state index contributed by atoms with van der Waals surface area (Å²) in [5.74, 6) is 3.40. The van der Waals surface area contributed by atoms with Gasteiger partial charge in [-0.1, -0.05) is 133 Å². The van der Waals surface area contributed by atoms with Crippen molar-refractivity contribution in [2.75, 3.05) is 4.90 Å². The zero-order valence-electron chi connectivity index (χ0n) is 28.2. The van der Waals surface area contributed by atoms with E-state index in [0.717, 1.165) is 61.8 Å². The third kappa shape index (κ3) is 4.28. The van der Waals surface area contributed by atoms with Crippen molar-refractivity contribution >= 4 is 72.5 Å². The van der Waals surface area contributed by atoms with Crippen LogP contribution in [0.3, 0.4) is 0 Å². The number of hydrogen-bond donors (Lipinski definition) is 0. The van der Waals surface area contributed by atoms with Gasteiger partial charge in [0, 0.05) is 28.3 Å². The number of para-hydroxylation sites is 2. The number of benzene rings is 9. The largest absolute Gasteiger partial charge is 0.458 e. The lowest BCUT2D eigenvalue weighted by Crippen LogP contribution is -2.58. The fourth-order valence-corrected chi connectivity index (χ4v) is 8.60. The Morgan fingerprint density at radius 3 is 1.52 bits per heavy atom. The molecule has 52 heavy (non-hydrogen) atoms. The number of ether oxygens (including phenoxy) is 2. The Balaban J connectivity index is 1.21. The topological polar surface area (TPSA) is 21.7 Å². The molecular weight excluding hydrogens is 633 g/mol. The van der Waals surface area contributed by atoms with Gasteiger partial charge in [-0.05, 0) is 91.4 Å². The molecule has 0 amide bonds. The summed E-state index contributed by atoms with van der Waals surface area (Å²) in [7, 11) is 0. The minimum atomic E-state index is -0.106. The fourth-order valence-electron chi connectivity index (χ4n) is 8.60. The lowest BCUT2D eigenvalue weighted by atomic mass is 9.33. The molecule has 9 aromatic carbocycles. The van der Waals surface area contributed by atoms with Crippen molar-refractivity contribution in [3.05, 3.63) is 182 Å². The molecule has 0 aromatic heterocycles. The highest BCUT2D eigenvalue weighted by atomic mass is 16.5. The Morgan fingerprint density at radius 2 is 0.846 bits per heavy atom. The number of anilines is 3. The third-order valence-corrected chi connectivity index (χ3v) is 10.8. The lowest BCUT2D eigenvalue weighted by Gasteiger charge is -2.36. The molecular formula is C48H30BNO2. The van der Waals surface area contributed by atoms with Gasteiger partial charge in [0.2, 0.25) is 0 Å². The molecule has 4 heteroatoms. The summed E-state index contributed by atoms with van der Waals surface area (Å²) in [6.07, 6.45) is 0. The molecule has 2 aliphatic rings. The van der Waals surface area contributed by atoms with Gasteiger partial charge < -0.3 is 14.4 Å². The second kappa shape index (κ2) is 11.4. The summed E-state index contributed by atoms with van der Waals surface area (Å²) in [5, 5.41) is 7.15. The molecule has 0 atom stereocenters. The van der Waals surface area contributed by atoms with Crippen LogP contribution in [0.1, 0.15) is 0 Å². The van der Waals surface area contributed by atoms with Crippen LogP contribution >= 0.6 is 0 Å². The first-order valence-corrected chi connectivity index (χ1v) is 17.8. The molecule has 0 bridgehead atoms. The first kappa shape index (κ1) is 29.0. The average Bonchev–Trinajstić information content (AvgIpc) is 3.21. The maximum absolute atomic E-state index is 6.96. The quantitative estimate of drug-likeness (QED) is 0.175. The maximum atomic E-state index is 6.96. The van der Waals surface area contributed by atoms with Crippen LogP contribution in [-0.4, -0.2) is 6.71 Å². The highest BCUT2D eigenvalue weighted by Crippen LogP contribution is 2.45. The molecule has 0 spiro atoms. The van der Waals surface area contributed by atoms with Gasteiger partial charge in [0.25, 0.3) is 6.71 Å². The van der Waals surface area contributed by atoms with Gasteiger partial charge in [0.15, 0.2) is 0 Å². The predicted octanol–water partition coefficient (Wildman–Crippen LogP) is 11.0. The highest BCUT2D eigenvalue weighted by molar-refractivity contribution is 7.01. The molecule has 0 fully saturated rings. The van der Waals surface area contributed by atoms with Crippen molar-refractivity contribution in [3.8, 4) is 34.1 Å². The second-order valence-corrected chi connectivity index (χ2v) is 13.6. The molecule has 9 aromatic rings. The van der Waals surface area contributed by atoms with Crippen molar-refractivity contribution in [2.24, 2.45) is 0 Å². The van der Waals surface area contributed by atoms with Gasteiger partial charge in [-0.25, -0.2) is 0 Å². The summed E-state index contributed by atoms with van der Waals surface area (Å²) >= 11 is 0. The van der Waals surface area contributed by atoms with Gasteiger partial charge in [-0.3, -0.25) is 0 Å². The minimum absolute atomic E-state index is 0.106. The predicted molar refractivity (Wildman–Crippen MR) is 217 cm³/mol.